The van der Waals surface area contributed by atoms with Gasteiger partial charge >= 0.3 is 0 Å². The number of benzene rings is 1. The van der Waals surface area contributed by atoms with Crippen LogP contribution in [0.25, 0.3) is 0 Å². The Morgan fingerprint density at radius 1 is 1.47 bits per heavy atom. The Balaban J connectivity index is 2.20. The standard InChI is InChI=1S/C15H23FN2O/c1-11-8-18(15(2,3)10-17-11)9-12-6-5-7-13(19-4)14(12)16/h5-7,11,17H,8-10H2,1-4H3. The monoisotopic (exact) mass is 266 g/mol. The lowest BCUT2D eigenvalue weighted by molar-refractivity contribution is 0.0615. The van der Waals surface area contributed by atoms with E-state index in [4.69, 9.17) is 4.74 Å². The van der Waals surface area contributed by atoms with Crippen molar-refractivity contribution in [2.75, 3.05) is 20.2 Å². The predicted octanol–water partition coefficient (Wildman–Crippen LogP) is 2.41. The fourth-order valence-corrected chi connectivity index (χ4v) is 2.50. The number of nitrogens with one attached hydrogen (secondary N) is 1. The van der Waals surface area contributed by atoms with Gasteiger partial charge in [-0.15, -0.1) is 0 Å². The second-order valence-corrected chi connectivity index (χ2v) is 5.91. The Morgan fingerprint density at radius 2 is 2.21 bits per heavy atom. The number of piperazine rings is 1. The van der Waals surface area contributed by atoms with E-state index in [1.807, 2.05) is 12.1 Å². The van der Waals surface area contributed by atoms with Crippen molar-refractivity contribution in [1.29, 1.82) is 0 Å². The molecule has 1 unspecified atom stereocenters. The first-order valence-corrected chi connectivity index (χ1v) is 6.74. The zero-order valence-electron chi connectivity index (χ0n) is 12.2. The molecule has 0 saturated carbocycles. The third kappa shape index (κ3) is 3.07. The fraction of sp³-hybridized carbons (Fsp3) is 0.600. The van der Waals surface area contributed by atoms with E-state index in [1.165, 1.54) is 7.11 Å². The summed E-state index contributed by atoms with van der Waals surface area (Å²) in [5.41, 5.74) is 0.726. The highest BCUT2D eigenvalue weighted by molar-refractivity contribution is 5.31. The SMILES string of the molecule is COc1cccc(CN2CC(C)NCC2(C)C)c1F. The molecule has 106 valence electrons. The fourth-order valence-electron chi connectivity index (χ4n) is 2.50. The predicted molar refractivity (Wildman–Crippen MR) is 74.9 cm³/mol. The van der Waals surface area contributed by atoms with Crippen molar-refractivity contribution in [2.45, 2.75) is 38.9 Å². The summed E-state index contributed by atoms with van der Waals surface area (Å²) >= 11 is 0. The highest BCUT2D eigenvalue weighted by Crippen LogP contribution is 2.25. The van der Waals surface area contributed by atoms with Gasteiger partial charge in [-0.1, -0.05) is 12.1 Å². The van der Waals surface area contributed by atoms with E-state index < -0.39 is 0 Å². The van der Waals surface area contributed by atoms with E-state index in [1.54, 1.807) is 6.07 Å². The van der Waals surface area contributed by atoms with Gasteiger partial charge in [0, 0.05) is 36.8 Å². The van der Waals surface area contributed by atoms with Crippen molar-refractivity contribution in [3.8, 4) is 5.75 Å². The molecule has 1 aliphatic heterocycles. The molecule has 1 atom stereocenters. The quantitative estimate of drug-likeness (QED) is 0.909. The van der Waals surface area contributed by atoms with Gasteiger partial charge in [-0.25, -0.2) is 4.39 Å². The largest absolute Gasteiger partial charge is 0.494 e. The Bertz CT molecular complexity index is 448. The molecule has 4 heteroatoms. The van der Waals surface area contributed by atoms with Crippen LogP contribution in [0.2, 0.25) is 0 Å². The zero-order chi connectivity index (χ0) is 14.0. The van der Waals surface area contributed by atoms with Crippen LogP contribution in [-0.4, -0.2) is 36.7 Å². The Labute approximate surface area is 114 Å². The normalized spacial score (nSPS) is 23.3. The molecule has 0 aromatic heterocycles. The Kier molecular flexibility index (Phi) is 4.11. The molecule has 1 N–H and O–H groups in total. The van der Waals surface area contributed by atoms with Crippen LogP contribution in [0.4, 0.5) is 4.39 Å². The van der Waals surface area contributed by atoms with E-state index in [0.29, 0.717) is 23.9 Å². The lowest BCUT2D eigenvalue weighted by Crippen LogP contribution is -2.60. The molecule has 0 aliphatic carbocycles. The molecule has 1 aliphatic rings. The van der Waals surface area contributed by atoms with Gasteiger partial charge in [0.1, 0.15) is 0 Å². The number of rotatable bonds is 3. The number of hydrogen-bond acceptors (Lipinski definition) is 3. The molecule has 0 bridgehead atoms. The maximum absolute atomic E-state index is 14.2. The molecule has 1 saturated heterocycles. The molecule has 3 nitrogen and oxygen atoms in total. The van der Waals surface area contributed by atoms with Crippen molar-refractivity contribution in [3.63, 3.8) is 0 Å². The third-order valence-corrected chi connectivity index (χ3v) is 3.86. The molecule has 0 spiro atoms. The van der Waals surface area contributed by atoms with Gasteiger partial charge in [-0.05, 0) is 26.8 Å². The van der Waals surface area contributed by atoms with Gasteiger partial charge in [0.2, 0.25) is 0 Å². The van der Waals surface area contributed by atoms with Gasteiger partial charge in [-0.3, -0.25) is 4.90 Å². The van der Waals surface area contributed by atoms with Crippen LogP contribution < -0.4 is 10.1 Å². The summed E-state index contributed by atoms with van der Waals surface area (Å²) in [6.07, 6.45) is 0. The van der Waals surface area contributed by atoms with E-state index in [0.717, 1.165) is 13.1 Å². The van der Waals surface area contributed by atoms with E-state index in [2.05, 4.69) is 31.0 Å². The maximum atomic E-state index is 14.2. The van der Waals surface area contributed by atoms with Crippen LogP contribution in [0.1, 0.15) is 26.3 Å². The molecule has 1 fully saturated rings. The number of ether oxygens (including phenoxy) is 1. The maximum Gasteiger partial charge on any atom is 0.169 e. The molecule has 2 rings (SSSR count). The second kappa shape index (κ2) is 5.47. The van der Waals surface area contributed by atoms with Gasteiger partial charge < -0.3 is 10.1 Å². The van der Waals surface area contributed by atoms with E-state index in [-0.39, 0.29) is 11.4 Å². The first-order valence-electron chi connectivity index (χ1n) is 6.74. The van der Waals surface area contributed by atoms with Gasteiger partial charge in [-0.2, -0.15) is 0 Å². The first kappa shape index (κ1) is 14.3. The first-order chi connectivity index (χ1) is 8.94. The minimum atomic E-state index is -0.244. The number of nitrogens with zero attached hydrogens (tertiary/aromatic N) is 1. The van der Waals surface area contributed by atoms with Crippen molar-refractivity contribution in [3.05, 3.63) is 29.6 Å². The molecule has 19 heavy (non-hydrogen) atoms. The van der Waals surface area contributed by atoms with Crippen molar-refractivity contribution in [1.82, 2.24) is 10.2 Å². The average Bonchev–Trinajstić information content (AvgIpc) is 2.37. The van der Waals surface area contributed by atoms with Gasteiger partial charge in [0.25, 0.3) is 0 Å². The molecular weight excluding hydrogens is 243 g/mol. The zero-order valence-corrected chi connectivity index (χ0v) is 12.2. The van der Waals surface area contributed by atoms with Crippen LogP contribution in [0.3, 0.4) is 0 Å². The van der Waals surface area contributed by atoms with Crippen LogP contribution in [0.15, 0.2) is 18.2 Å². The number of halogens is 1. The molecule has 0 radical (unpaired) electrons. The number of methoxy groups -OCH3 is 1. The van der Waals surface area contributed by atoms with Crippen LogP contribution in [-0.2, 0) is 6.54 Å². The smallest absolute Gasteiger partial charge is 0.169 e. The van der Waals surface area contributed by atoms with Crippen molar-refractivity contribution >= 4 is 0 Å². The van der Waals surface area contributed by atoms with Crippen LogP contribution in [0, 0.1) is 5.82 Å². The minimum Gasteiger partial charge on any atom is -0.494 e. The highest BCUT2D eigenvalue weighted by Gasteiger charge is 2.32. The second-order valence-electron chi connectivity index (χ2n) is 5.91. The summed E-state index contributed by atoms with van der Waals surface area (Å²) in [5.74, 6) is 0.0745. The lowest BCUT2D eigenvalue weighted by Gasteiger charge is -2.45. The Morgan fingerprint density at radius 3 is 2.89 bits per heavy atom. The molecule has 1 heterocycles. The summed E-state index contributed by atoms with van der Waals surface area (Å²) in [6, 6.07) is 5.77. The summed E-state index contributed by atoms with van der Waals surface area (Å²) in [7, 11) is 1.50. The number of hydrogen-bond donors (Lipinski definition) is 1. The van der Waals surface area contributed by atoms with Crippen molar-refractivity contribution in [2.24, 2.45) is 0 Å². The summed E-state index contributed by atoms with van der Waals surface area (Å²) in [4.78, 5) is 2.33. The third-order valence-electron chi connectivity index (χ3n) is 3.86. The van der Waals surface area contributed by atoms with Crippen LogP contribution in [0.5, 0.6) is 5.75 Å². The minimum absolute atomic E-state index is 0.0298. The summed E-state index contributed by atoms with van der Waals surface area (Å²) in [5, 5.41) is 3.47. The molecular formula is C15H23FN2O. The molecule has 1 aromatic carbocycles. The van der Waals surface area contributed by atoms with E-state index >= 15 is 0 Å². The molecule has 1 aromatic rings. The molecule has 0 amide bonds. The van der Waals surface area contributed by atoms with E-state index in [9.17, 15) is 4.39 Å². The van der Waals surface area contributed by atoms with Crippen molar-refractivity contribution < 1.29 is 9.13 Å². The summed E-state index contributed by atoms with van der Waals surface area (Å²) in [6.45, 7) is 8.98. The van der Waals surface area contributed by atoms with Gasteiger partial charge in [0.15, 0.2) is 11.6 Å². The lowest BCUT2D eigenvalue weighted by atomic mass is 9.97. The topological polar surface area (TPSA) is 24.5 Å². The average molecular weight is 266 g/mol. The Hall–Kier alpha value is -1.13. The summed E-state index contributed by atoms with van der Waals surface area (Å²) < 4.78 is 19.3. The van der Waals surface area contributed by atoms with Crippen LogP contribution >= 0.6 is 0 Å². The highest BCUT2D eigenvalue weighted by atomic mass is 19.1. The van der Waals surface area contributed by atoms with Gasteiger partial charge in [0.05, 0.1) is 7.11 Å².